The fraction of sp³-hybridized carbons (Fsp3) is 0.300. The Morgan fingerprint density at radius 1 is 0.692 bits per heavy atom. The van der Waals surface area contributed by atoms with Crippen molar-refractivity contribution in [1.29, 1.82) is 0 Å². The Labute approximate surface area is 152 Å². The predicted molar refractivity (Wildman–Crippen MR) is 96.1 cm³/mol. The summed E-state index contributed by atoms with van der Waals surface area (Å²) in [7, 11) is 0. The first-order valence-corrected chi connectivity index (χ1v) is 8.27. The van der Waals surface area contributed by atoms with Crippen LogP contribution < -0.4 is 9.47 Å². The molecule has 0 saturated heterocycles. The van der Waals surface area contributed by atoms with E-state index in [1.807, 2.05) is 48.5 Å². The van der Waals surface area contributed by atoms with Gasteiger partial charge >= 0.3 is 11.9 Å². The maximum absolute atomic E-state index is 10.7. The molecule has 0 unspecified atom stereocenters. The van der Waals surface area contributed by atoms with Gasteiger partial charge in [0.2, 0.25) is 0 Å². The first-order chi connectivity index (χ1) is 12.5. The van der Waals surface area contributed by atoms with Crippen molar-refractivity contribution in [1.82, 2.24) is 0 Å². The maximum atomic E-state index is 10.7. The van der Waals surface area contributed by atoms with Gasteiger partial charge in [-0.05, 0) is 35.4 Å². The molecule has 0 bridgehead atoms. The molecule has 0 N–H and O–H groups in total. The van der Waals surface area contributed by atoms with Gasteiger partial charge in [0.05, 0.1) is 0 Å². The van der Waals surface area contributed by atoms with Crippen LogP contribution in [0.5, 0.6) is 11.5 Å². The third-order valence-electron chi connectivity index (χ3n) is 3.32. The van der Waals surface area contributed by atoms with Gasteiger partial charge in [-0.1, -0.05) is 24.3 Å². The van der Waals surface area contributed by atoms with E-state index in [-0.39, 0.29) is 25.2 Å². The normalized spacial score (nSPS) is 10.1. The molecule has 2 rings (SSSR count). The summed E-state index contributed by atoms with van der Waals surface area (Å²) in [4.78, 5) is 21.5. The quantitative estimate of drug-likeness (QED) is 0.506. The first kappa shape index (κ1) is 19.3. The molecule has 26 heavy (non-hydrogen) atoms. The summed E-state index contributed by atoms with van der Waals surface area (Å²) < 4.78 is 20.9. The lowest BCUT2D eigenvalue weighted by atomic mass is 10.1. The van der Waals surface area contributed by atoms with E-state index in [0.29, 0.717) is 24.7 Å². The average Bonchev–Trinajstić information content (AvgIpc) is 2.63. The highest BCUT2D eigenvalue weighted by molar-refractivity contribution is 5.67. The molecule has 0 heterocycles. The molecule has 0 aliphatic heterocycles. The highest BCUT2D eigenvalue weighted by atomic mass is 16.6. The Hall–Kier alpha value is -3.02. The molecule has 2 aromatic carbocycles. The van der Waals surface area contributed by atoms with Crippen molar-refractivity contribution in [2.45, 2.75) is 13.8 Å². The minimum absolute atomic E-state index is 0.214. The van der Waals surface area contributed by atoms with Gasteiger partial charge < -0.3 is 18.9 Å². The Kier molecular flexibility index (Phi) is 7.49. The van der Waals surface area contributed by atoms with E-state index in [2.05, 4.69) is 0 Å². The molecule has 138 valence electrons. The minimum atomic E-state index is -0.326. The van der Waals surface area contributed by atoms with Crippen LogP contribution in [0.4, 0.5) is 0 Å². The van der Waals surface area contributed by atoms with E-state index in [0.717, 1.165) is 11.1 Å². The van der Waals surface area contributed by atoms with Crippen LogP contribution in [0.2, 0.25) is 0 Å². The number of hydrogen-bond acceptors (Lipinski definition) is 6. The average molecular weight is 358 g/mol. The summed E-state index contributed by atoms with van der Waals surface area (Å²) in [5, 5.41) is 0. The van der Waals surface area contributed by atoms with Gasteiger partial charge in [0.1, 0.15) is 37.9 Å². The molecule has 6 heteroatoms. The predicted octanol–water partition coefficient (Wildman–Crippen LogP) is 3.24. The lowest BCUT2D eigenvalue weighted by Gasteiger charge is -2.10. The molecule has 0 amide bonds. The molecule has 0 aliphatic rings. The van der Waals surface area contributed by atoms with Crippen molar-refractivity contribution in [3.63, 3.8) is 0 Å². The van der Waals surface area contributed by atoms with Crippen LogP contribution in [0.3, 0.4) is 0 Å². The highest BCUT2D eigenvalue weighted by Crippen LogP contribution is 2.27. The third-order valence-corrected chi connectivity index (χ3v) is 3.32. The largest absolute Gasteiger partial charge is 0.490 e. The molecule has 6 nitrogen and oxygen atoms in total. The second-order valence-electron chi connectivity index (χ2n) is 5.43. The number of ether oxygens (including phenoxy) is 4. The molecule has 2 aromatic rings. The fourth-order valence-electron chi connectivity index (χ4n) is 2.22. The van der Waals surface area contributed by atoms with Gasteiger partial charge in [-0.2, -0.15) is 0 Å². The number of hydrogen-bond donors (Lipinski definition) is 0. The van der Waals surface area contributed by atoms with Crippen LogP contribution in [0.25, 0.3) is 11.1 Å². The van der Waals surface area contributed by atoms with Gasteiger partial charge in [0.15, 0.2) is 0 Å². The van der Waals surface area contributed by atoms with Crippen molar-refractivity contribution in [2.75, 3.05) is 26.4 Å². The Morgan fingerprint density at radius 3 is 1.50 bits per heavy atom. The number of benzene rings is 2. The fourth-order valence-corrected chi connectivity index (χ4v) is 2.22. The van der Waals surface area contributed by atoms with Crippen LogP contribution in [0.15, 0.2) is 48.5 Å². The second kappa shape index (κ2) is 10.1. The standard InChI is InChI=1S/C20H22O6/c1-15(21)23-9-11-25-19-7-3-5-17(13-19)18-6-4-8-20(14-18)26-12-10-24-16(2)22/h3-8,13-14H,9-12H2,1-2H3. The van der Waals surface area contributed by atoms with Crippen molar-refractivity contribution >= 4 is 11.9 Å². The zero-order valence-electron chi connectivity index (χ0n) is 14.9. The van der Waals surface area contributed by atoms with Crippen LogP contribution in [0.1, 0.15) is 13.8 Å². The minimum Gasteiger partial charge on any atom is -0.490 e. The van der Waals surface area contributed by atoms with Crippen molar-refractivity contribution in [3.05, 3.63) is 48.5 Å². The molecule has 0 aliphatic carbocycles. The molecule has 0 aromatic heterocycles. The van der Waals surface area contributed by atoms with Crippen LogP contribution in [-0.4, -0.2) is 38.4 Å². The van der Waals surface area contributed by atoms with E-state index in [9.17, 15) is 9.59 Å². The lowest BCUT2D eigenvalue weighted by molar-refractivity contribution is -0.142. The molecule has 0 radical (unpaired) electrons. The topological polar surface area (TPSA) is 71.1 Å². The summed E-state index contributed by atoms with van der Waals surface area (Å²) in [5.41, 5.74) is 1.95. The van der Waals surface area contributed by atoms with Crippen LogP contribution in [-0.2, 0) is 19.1 Å². The molecular weight excluding hydrogens is 336 g/mol. The van der Waals surface area contributed by atoms with E-state index in [1.165, 1.54) is 13.8 Å². The van der Waals surface area contributed by atoms with Crippen molar-refractivity contribution in [2.24, 2.45) is 0 Å². The van der Waals surface area contributed by atoms with E-state index in [4.69, 9.17) is 18.9 Å². The zero-order chi connectivity index (χ0) is 18.8. The zero-order valence-corrected chi connectivity index (χ0v) is 14.9. The maximum Gasteiger partial charge on any atom is 0.302 e. The van der Waals surface area contributed by atoms with Gasteiger partial charge in [-0.25, -0.2) is 0 Å². The van der Waals surface area contributed by atoms with Gasteiger partial charge in [-0.3, -0.25) is 9.59 Å². The van der Waals surface area contributed by atoms with Gasteiger partial charge in [0.25, 0.3) is 0 Å². The van der Waals surface area contributed by atoms with Crippen LogP contribution >= 0.6 is 0 Å². The summed E-state index contributed by atoms with van der Waals surface area (Å²) in [6.07, 6.45) is 0. The van der Waals surface area contributed by atoms with Crippen LogP contribution in [0, 0.1) is 0 Å². The Morgan fingerprint density at radius 2 is 1.12 bits per heavy atom. The highest BCUT2D eigenvalue weighted by Gasteiger charge is 2.03. The SMILES string of the molecule is CC(=O)OCCOc1cccc(-c2cccc(OCCOC(C)=O)c2)c1. The van der Waals surface area contributed by atoms with Crippen molar-refractivity contribution in [3.8, 4) is 22.6 Å². The second-order valence-corrected chi connectivity index (χ2v) is 5.43. The number of rotatable bonds is 9. The molecule has 0 spiro atoms. The molecule has 0 fully saturated rings. The van der Waals surface area contributed by atoms with E-state index >= 15 is 0 Å². The molecule has 0 saturated carbocycles. The summed E-state index contributed by atoms with van der Waals surface area (Å²) in [5.74, 6) is 0.729. The van der Waals surface area contributed by atoms with Crippen molar-refractivity contribution < 1.29 is 28.5 Å². The smallest absolute Gasteiger partial charge is 0.302 e. The molecular formula is C20H22O6. The molecule has 0 atom stereocenters. The number of carbonyl (C=O) groups is 2. The third kappa shape index (κ3) is 6.84. The van der Waals surface area contributed by atoms with E-state index in [1.54, 1.807) is 0 Å². The van der Waals surface area contributed by atoms with Gasteiger partial charge in [-0.15, -0.1) is 0 Å². The summed E-state index contributed by atoms with van der Waals surface area (Å²) in [6, 6.07) is 15.2. The summed E-state index contributed by atoms with van der Waals surface area (Å²) in [6.45, 7) is 3.74. The number of carbonyl (C=O) groups excluding carboxylic acids is 2. The Bertz CT molecular complexity index is 677. The Balaban J connectivity index is 1.95. The lowest BCUT2D eigenvalue weighted by Crippen LogP contribution is -2.09. The van der Waals surface area contributed by atoms with Gasteiger partial charge in [0, 0.05) is 13.8 Å². The number of esters is 2. The summed E-state index contributed by atoms with van der Waals surface area (Å²) >= 11 is 0. The monoisotopic (exact) mass is 358 g/mol. The van der Waals surface area contributed by atoms with E-state index < -0.39 is 0 Å². The first-order valence-electron chi connectivity index (χ1n) is 8.27.